The average Bonchev–Trinajstić information content (AvgIpc) is 2.25. The van der Waals surface area contributed by atoms with E-state index in [1.54, 1.807) is 6.07 Å². The molecule has 1 aliphatic rings. The third-order valence-electron chi connectivity index (χ3n) is 2.61. The molecular weight excluding hydrogens is 242 g/mol. The van der Waals surface area contributed by atoms with Crippen molar-refractivity contribution in [2.75, 3.05) is 13.1 Å². The topological polar surface area (TPSA) is 63.7 Å². The Morgan fingerprint density at radius 3 is 2.78 bits per heavy atom. The Kier molecular flexibility index (Phi) is 3.91. The molecule has 2 N–H and O–H groups in total. The number of halogens is 2. The lowest BCUT2D eigenvalue weighted by Gasteiger charge is -2.31. The summed E-state index contributed by atoms with van der Waals surface area (Å²) in [5.74, 6) is 0.532. The van der Waals surface area contributed by atoms with E-state index in [9.17, 15) is 8.78 Å². The van der Waals surface area contributed by atoms with Crippen LogP contribution in [-0.2, 0) is 6.54 Å². The fourth-order valence-corrected chi connectivity index (χ4v) is 1.48. The van der Waals surface area contributed by atoms with Gasteiger partial charge in [-0.3, -0.25) is 4.98 Å². The van der Waals surface area contributed by atoms with Crippen LogP contribution in [0.2, 0.25) is 0 Å². The van der Waals surface area contributed by atoms with Crippen molar-refractivity contribution in [1.82, 2.24) is 9.88 Å². The number of likely N-dealkylation sites (tertiary alicyclic amines) is 1. The van der Waals surface area contributed by atoms with Crippen LogP contribution in [0.5, 0.6) is 5.75 Å². The van der Waals surface area contributed by atoms with Crippen LogP contribution in [0.1, 0.15) is 12.1 Å². The van der Waals surface area contributed by atoms with Crippen LogP contribution in [0.15, 0.2) is 23.3 Å². The minimum Gasteiger partial charge on any atom is -0.433 e. The van der Waals surface area contributed by atoms with E-state index in [0.717, 1.165) is 19.5 Å². The van der Waals surface area contributed by atoms with Gasteiger partial charge in [0.25, 0.3) is 0 Å². The Morgan fingerprint density at radius 1 is 1.50 bits per heavy atom. The molecule has 0 aliphatic carbocycles. The summed E-state index contributed by atoms with van der Waals surface area (Å²) < 4.78 is 28.0. The van der Waals surface area contributed by atoms with Crippen molar-refractivity contribution in [3.05, 3.63) is 24.0 Å². The van der Waals surface area contributed by atoms with Gasteiger partial charge in [-0.1, -0.05) is 0 Å². The second-order valence-corrected chi connectivity index (χ2v) is 3.88. The highest BCUT2D eigenvalue weighted by molar-refractivity contribution is 5.78. The largest absolute Gasteiger partial charge is 0.433 e. The van der Waals surface area contributed by atoms with Gasteiger partial charge in [-0.25, -0.2) is 4.99 Å². The van der Waals surface area contributed by atoms with Crippen LogP contribution in [0, 0.1) is 0 Å². The van der Waals surface area contributed by atoms with Crippen LogP contribution < -0.4 is 10.5 Å². The predicted molar refractivity (Wildman–Crippen MR) is 62.4 cm³/mol. The quantitative estimate of drug-likeness (QED) is 0.649. The molecule has 1 aliphatic heterocycles. The Balaban J connectivity index is 1.89. The third kappa shape index (κ3) is 3.28. The average molecular weight is 256 g/mol. The molecular formula is C11H14F2N4O. The molecule has 0 bridgehead atoms. The van der Waals surface area contributed by atoms with E-state index >= 15 is 0 Å². The zero-order chi connectivity index (χ0) is 13.0. The molecule has 0 amide bonds. The second kappa shape index (κ2) is 5.61. The van der Waals surface area contributed by atoms with Gasteiger partial charge in [0.1, 0.15) is 5.75 Å². The van der Waals surface area contributed by atoms with Crippen molar-refractivity contribution >= 4 is 5.96 Å². The van der Waals surface area contributed by atoms with Crippen LogP contribution in [0.3, 0.4) is 0 Å². The maximum atomic E-state index is 11.9. The molecule has 1 fully saturated rings. The van der Waals surface area contributed by atoms with Crippen molar-refractivity contribution in [1.29, 1.82) is 0 Å². The van der Waals surface area contributed by atoms with Gasteiger partial charge in [-0.15, -0.1) is 0 Å². The second-order valence-electron chi connectivity index (χ2n) is 3.88. The summed E-state index contributed by atoms with van der Waals surface area (Å²) in [7, 11) is 0. The molecule has 7 heteroatoms. The van der Waals surface area contributed by atoms with Gasteiger partial charge in [0.05, 0.1) is 18.4 Å². The van der Waals surface area contributed by atoms with E-state index in [-0.39, 0.29) is 5.75 Å². The highest BCUT2D eigenvalue weighted by Gasteiger charge is 2.15. The Morgan fingerprint density at radius 2 is 2.28 bits per heavy atom. The third-order valence-corrected chi connectivity index (χ3v) is 2.61. The first-order chi connectivity index (χ1) is 8.65. The molecule has 0 spiro atoms. The smallest absolute Gasteiger partial charge is 0.387 e. The minimum atomic E-state index is -2.84. The van der Waals surface area contributed by atoms with Gasteiger partial charge in [0, 0.05) is 13.1 Å². The molecule has 0 saturated carbocycles. The lowest BCUT2D eigenvalue weighted by molar-refractivity contribution is -0.0500. The highest BCUT2D eigenvalue weighted by atomic mass is 19.3. The number of aromatic nitrogens is 1. The molecule has 0 unspecified atom stereocenters. The summed E-state index contributed by atoms with van der Waals surface area (Å²) in [6, 6.07) is 3.02. The van der Waals surface area contributed by atoms with Crippen LogP contribution in [0.25, 0.3) is 0 Å². The van der Waals surface area contributed by atoms with Crippen molar-refractivity contribution in [2.24, 2.45) is 10.7 Å². The van der Waals surface area contributed by atoms with E-state index in [2.05, 4.69) is 14.7 Å². The van der Waals surface area contributed by atoms with E-state index in [1.807, 2.05) is 4.90 Å². The summed E-state index contributed by atoms with van der Waals surface area (Å²) in [6.45, 7) is -0.636. The number of rotatable bonds is 4. The fraction of sp³-hybridized carbons (Fsp3) is 0.455. The molecule has 2 rings (SSSR count). The monoisotopic (exact) mass is 256 g/mol. The summed E-state index contributed by atoms with van der Waals surface area (Å²) in [5.41, 5.74) is 6.40. The molecule has 1 saturated heterocycles. The number of aliphatic imine (C=N–C) groups is 1. The molecule has 0 atom stereocenters. The molecule has 1 aromatic heterocycles. The Bertz CT molecular complexity index is 418. The van der Waals surface area contributed by atoms with Gasteiger partial charge in [0.15, 0.2) is 5.96 Å². The molecule has 98 valence electrons. The summed E-state index contributed by atoms with van der Waals surface area (Å²) in [4.78, 5) is 10.1. The van der Waals surface area contributed by atoms with Gasteiger partial charge in [0.2, 0.25) is 0 Å². The van der Waals surface area contributed by atoms with Crippen molar-refractivity contribution < 1.29 is 13.5 Å². The zero-order valence-electron chi connectivity index (χ0n) is 9.72. The van der Waals surface area contributed by atoms with Gasteiger partial charge in [-0.05, 0) is 18.6 Å². The first-order valence-electron chi connectivity index (χ1n) is 5.60. The number of nitrogens with two attached hydrogens (primary N) is 1. The maximum absolute atomic E-state index is 11.9. The standard InChI is InChI=1S/C11H14F2N4O/c12-10(13)18-9-3-2-8(15-7-9)6-16-11(14)17-4-1-5-17/h2-3,7,10H,1,4-6H2,(H2,14,16). The molecule has 0 radical (unpaired) electrons. The zero-order valence-corrected chi connectivity index (χ0v) is 9.72. The predicted octanol–water partition coefficient (Wildman–Crippen LogP) is 1.20. The number of nitrogens with zero attached hydrogens (tertiary/aromatic N) is 3. The first kappa shape index (κ1) is 12.5. The van der Waals surface area contributed by atoms with Crippen molar-refractivity contribution in [3.63, 3.8) is 0 Å². The SMILES string of the molecule is NC(=NCc1ccc(OC(F)F)cn1)N1CCC1. The maximum Gasteiger partial charge on any atom is 0.387 e. The normalized spacial score (nSPS) is 15.7. The van der Waals surface area contributed by atoms with Crippen LogP contribution in [0.4, 0.5) is 8.78 Å². The molecule has 2 heterocycles. The first-order valence-corrected chi connectivity index (χ1v) is 5.60. The number of ether oxygens (including phenoxy) is 1. The van der Waals surface area contributed by atoms with E-state index in [4.69, 9.17) is 5.73 Å². The van der Waals surface area contributed by atoms with Gasteiger partial charge < -0.3 is 15.4 Å². The van der Waals surface area contributed by atoms with E-state index < -0.39 is 6.61 Å². The fourth-order valence-electron chi connectivity index (χ4n) is 1.48. The van der Waals surface area contributed by atoms with Crippen molar-refractivity contribution in [3.8, 4) is 5.75 Å². The number of hydrogen-bond acceptors (Lipinski definition) is 3. The summed E-state index contributed by atoms with van der Waals surface area (Å²) in [5, 5.41) is 0. The van der Waals surface area contributed by atoms with Crippen molar-refractivity contribution in [2.45, 2.75) is 19.6 Å². The Hall–Kier alpha value is -1.92. The summed E-state index contributed by atoms with van der Waals surface area (Å²) in [6.07, 6.45) is 2.38. The molecule has 5 nitrogen and oxygen atoms in total. The minimum absolute atomic E-state index is 0.0356. The number of hydrogen-bond donors (Lipinski definition) is 1. The molecule has 18 heavy (non-hydrogen) atoms. The lowest BCUT2D eigenvalue weighted by Crippen LogP contribution is -2.46. The number of alkyl halides is 2. The van der Waals surface area contributed by atoms with Crippen LogP contribution >= 0.6 is 0 Å². The van der Waals surface area contributed by atoms with Gasteiger partial charge >= 0.3 is 6.61 Å². The highest BCUT2D eigenvalue weighted by Crippen LogP contribution is 2.13. The number of guanidine groups is 1. The molecule has 0 aromatic carbocycles. The molecule has 1 aromatic rings. The van der Waals surface area contributed by atoms with E-state index in [0.29, 0.717) is 18.2 Å². The van der Waals surface area contributed by atoms with Crippen LogP contribution in [-0.4, -0.2) is 35.5 Å². The lowest BCUT2D eigenvalue weighted by atomic mass is 10.2. The number of pyridine rings is 1. The summed E-state index contributed by atoms with van der Waals surface area (Å²) >= 11 is 0. The van der Waals surface area contributed by atoms with Gasteiger partial charge in [-0.2, -0.15) is 8.78 Å². The Labute approximate surface area is 103 Å². The van der Waals surface area contributed by atoms with E-state index in [1.165, 1.54) is 12.3 Å².